The maximum atomic E-state index is 11.3. The first-order valence-electron chi connectivity index (χ1n) is 14.1. The average molecular weight is 644 g/mol. The van der Waals surface area contributed by atoms with Crippen LogP contribution in [0.15, 0.2) is 65.3 Å². The number of hydrogen-bond donors (Lipinski definition) is 3. The molecule has 0 radical (unpaired) electrons. The number of H-pyrrole nitrogens is 1. The fourth-order valence-electron chi connectivity index (χ4n) is 4.65. The van der Waals surface area contributed by atoms with E-state index in [1.807, 2.05) is 37.5 Å². The first-order chi connectivity index (χ1) is 21.7. The van der Waals surface area contributed by atoms with Crippen molar-refractivity contribution in [3.8, 4) is 0 Å². The number of fused-ring (bicyclic) bond motifs is 4. The number of halogens is 3. The van der Waals surface area contributed by atoms with Gasteiger partial charge in [-0.3, -0.25) is 14.6 Å². The maximum absolute atomic E-state index is 11.3. The fraction of sp³-hybridized carbons (Fsp3) is 0.312. The van der Waals surface area contributed by atoms with E-state index < -0.39 is 6.61 Å². The van der Waals surface area contributed by atoms with Gasteiger partial charge in [0.05, 0.1) is 12.6 Å². The van der Waals surface area contributed by atoms with Crippen molar-refractivity contribution in [1.29, 1.82) is 0 Å². The summed E-state index contributed by atoms with van der Waals surface area (Å²) in [7, 11) is 4.61. The number of likely N-dealkylation sites (tertiary alicyclic amines) is 1. The molecule has 6 rings (SSSR count). The fourth-order valence-corrected chi connectivity index (χ4v) is 4.83. The van der Waals surface area contributed by atoms with E-state index in [-0.39, 0.29) is 11.9 Å². The predicted octanol–water partition coefficient (Wildman–Crippen LogP) is 5.59. The number of alkyl halides is 2. The second-order valence-electron chi connectivity index (χ2n) is 9.86. The van der Waals surface area contributed by atoms with Gasteiger partial charge in [0.15, 0.2) is 0 Å². The summed E-state index contributed by atoms with van der Waals surface area (Å²) < 4.78 is 30.1. The van der Waals surface area contributed by atoms with E-state index in [4.69, 9.17) is 16.0 Å². The highest BCUT2D eigenvalue weighted by Gasteiger charge is 2.27. The molecule has 10 nitrogen and oxygen atoms in total. The molecule has 3 aromatic heterocycles. The van der Waals surface area contributed by atoms with Gasteiger partial charge in [-0.05, 0) is 75.5 Å². The monoisotopic (exact) mass is 643 g/mol. The quantitative estimate of drug-likeness (QED) is 0.196. The van der Waals surface area contributed by atoms with Gasteiger partial charge in [0.25, 0.3) is 0 Å². The summed E-state index contributed by atoms with van der Waals surface area (Å²) in [4.78, 5) is 41.5. The van der Waals surface area contributed by atoms with E-state index in [0.29, 0.717) is 17.1 Å². The lowest BCUT2D eigenvalue weighted by Crippen LogP contribution is -2.40. The van der Waals surface area contributed by atoms with Gasteiger partial charge in [-0.1, -0.05) is 11.6 Å². The number of nitrogens with zero attached hydrogens (tertiary/aromatic N) is 2. The minimum atomic E-state index is -2.62. The Morgan fingerprint density at radius 1 is 1.13 bits per heavy atom. The van der Waals surface area contributed by atoms with Crippen molar-refractivity contribution >= 4 is 62.9 Å². The van der Waals surface area contributed by atoms with Crippen LogP contribution in [0, 0.1) is 0 Å². The molecular weight excluding hydrogens is 608 g/mol. The van der Waals surface area contributed by atoms with Crippen LogP contribution in [0.2, 0.25) is 5.02 Å². The van der Waals surface area contributed by atoms with Crippen molar-refractivity contribution < 1.29 is 32.3 Å². The molecule has 1 atom stereocenters. The van der Waals surface area contributed by atoms with Crippen molar-refractivity contribution in [1.82, 2.24) is 25.5 Å². The van der Waals surface area contributed by atoms with Crippen LogP contribution in [0.3, 0.4) is 0 Å². The molecule has 1 aliphatic rings. The van der Waals surface area contributed by atoms with Gasteiger partial charge in [-0.25, -0.2) is 0 Å². The van der Waals surface area contributed by atoms with Gasteiger partial charge < -0.3 is 34.5 Å². The molecule has 0 spiro atoms. The molecule has 240 valence electrons. The van der Waals surface area contributed by atoms with E-state index in [9.17, 15) is 23.2 Å². The summed E-state index contributed by atoms with van der Waals surface area (Å²) in [5.41, 5.74) is 4.52. The molecule has 1 saturated heterocycles. The van der Waals surface area contributed by atoms with E-state index >= 15 is 0 Å². The van der Waals surface area contributed by atoms with Crippen LogP contribution in [0.1, 0.15) is 28.9 Å². The second kappa shape index (κ2) is 17.9. The van der Waals surface area contributed by atoms with E-state index in [1.165, 1.54) is 11.1 Å². The number of aromatic amines is 1. The average Bonchev–Trinajstić information content (AvgIpc) is 3.78. The zero-order valence-electron chi connectivity index (χ0n) is 25.2. The molecular formula is C32H36ClF2N5O5. The molecule has 1 unspecified atom stereocenters. The Bertz CT molecular complexity index is 1660. The van der Waals surface area contributed by atoms with Crippen LogP contribution in [0.25, 0.3) is 32.8 Å². The first kappa shape index (κ1) is 35.3. The van der Waals surface area contributed by atoms with Crippen LogP contribution in [0.4, 0.5) is 8.78 Å². The van der Waals surface area contributed by atoms with Crippen LogP contribution < -0.4 is 10.6 Å². The minimum absolute atomic E-state index is 0.0205. The molecule has 2 aromatic carbocycles. The molecule has 1 fully saturated rings. The van der Waals surface area contributed by atoms with Crippen LogP contribution in [-0.2, 0) is 20.9 Å². The van der Waals surface area contributed by atoms with Gasteiger partial charge in [0.1, 0.15) is 23.7 Å². The topological polar surface area (TPSA) is 130 Å². The number of ether oxygens (including phenoxy) is 1. The zero-order chi connectivity index (χ0) is 32.8. The number of nitrogens with one attached hydrogen (secondary N) is 3. The molecule has 0 saturated carbocycles. The number of amides is 1. The Kier molecular flexibility index (Phi) is 14.0. The summed E-state index contributed by atoms with van der Waals surface area (Å²) in [5, 5.41) is 9.56. The molecule has 5 aromatic rings. The molecule has 3 N–H and O–H groups in total. The Hall–Kier alpha value is -4.23. The second-order valence-corrected chi connectivity index (χ2v) is 10.3. The lowest BCUT2D eigenvalue weighted by Gasteiger charge is -2.19. The van der Waals surface area contributed by atoms with Crippen molar-refractivity contribution in [3.63, 3.8) is 0 Å². The molecule has 0 bridgehead atoms. The smallest absolute Gasteiger partial charge is 0.345 e. The number of methoxy groups -OCH3 is 1. The Labute approximate surface area is 264 Å². The molecule has 4 heterocycles. The Morgan fingerprint density at radius 2 is 1.84 bits per heavy atom. The van der Waals surface area contributed by atoms with Crippen molar-refractivity contribution in [2.45, 2.75) is 32.0 Å². The minimum Gasteiger partial charge on any atom is -0.456 e. The largest absolute Gasteiger partial charge is 0.456 e. The number of hydrogen-bond acceptors (Lipinski definition) is 8. The number of aldehydes is 2. The van der Waals surface area contributed by atoms with Gasteiger partial charge in [0.2, 0.25) is 5.91 Å². The lowest BCUT2D eigenvalue weighted by atomic mass is 10.1. The highest BCUT2D eigenvalue weighted by Crippen LogP contribution is 2.31. The zero-order valence-corrected chi connectivity index (χ0v) is 25.9. The van der Waals surface area contributed by atoms with Crippen LogP contribution >= 0.6 is 11.6 Å². The van der Waals surface area contributed by atoms with E-state index in [2.05, 4.69) is 31.4 Å². The third-order valence-electron chi connectivity index (χ3n) is 6.72. The van der Waals surface area contributed by atoms with Crippen molar-refractivity contribution in [2.75, 3.05) is 34.3 Å². The molecule has 45 heavy (non-hydrogen) atoms. The van der Waals surface area contributed by atoms with Crippen LogP contribution in [0.5, 0.6) is 0 Å². The summed E-state index contributed by atoms with van der Waals surface area (Å²) in [5.74, 6) is 0.0205. The maximum Gasteiger partial charge on any atom is 0.345 e. The van der Waals surface area contributed by atoms with Gasteiger partial charge >= 0.3 is 6.61 Å². The first-order valence-corrected chi connectivity index (χ1v) is 14.5. The standard InChI is InChI=1S/C13H7ClO2.C9H11N3.C8H14N2O2.C2H4F2O/c14-9-2-4-13-11(6-9)10-5-8(7-15)1-3-12(10)16-13;1-10-6-8-4-7-5-11-3-2-9(7)12-8;1-9-5-8(12)10-4-2-3-7(10)6-11;1-5-2(3)4/h1-7H;2-5,10,12H,6H2,1H3;6-7,9H,2-5H2,1H3;2H,1H3. The number of aromatic nitrogens is 2. The Morgan fingerprint density at radius 3 is 2.47 bits per heavy atom. The van der Waals surface area contributed by atoms with Crippen LogP contribution in [-0.4, -0.2) is 80.3 Å². The van der Waals surface area contributed by atoms with Gasteiger partial charge in [-0.15, -0.1) is 0 Å². The normalized spacial score (nSPS) is 13.9. The lowest BCUT2D eigenvalue weighted by molar-refractivity contribution is -0.133. The summed E-state index contributed by atoms with van der Waals surface area (Å²) in [6, 6.07) is 14.7. The highest BCUT2D eigenvalue weighted by molar-refractivity contribution is 6.31. The molecule has 1 amide bonds. The predicted molar refractivity (Wildman–Crippen MR) is 171 cm³/mol. The number of furan rings is 1. The third kappa shape index (κ3) is 10.1. The molecule has 13 heteroatoms. The van der Waals surface area contributed by atoms with Crippen molar-refractivity contribution in [3.05, 3.63) is 77.2 Å². The molecule has 0 aliphatic carbocycles. The van der Waals surface area contributed by atoms with E-state index in [1.54, 1.807) is 36.3 Å². The van der Waals surface area contributed by atoms with Gasteiger partial charge in [0, 0.05) is 70.5 Å². The number of likely N-dealkylation sites (N-methyl/N-ethyl adjacent to an activating group) is 1. The Balaban J connectivity index is 0.000000174. The number of rotatable bonds is 7. The molecule has 1 aliphatic heterocycles. The highest BCUT2D eigenvalue weighted by atomic mass is 35.5. The summed E-state index contributed by atoms with van der Waals surface area (Å²) in [6.07, 6.45) is 7.11. The van der Waals surface area contributed by atoms with Crippen molar-refractivity contribution in [2.24, 2.45) is 0 Å². The third-order valence-corrected chi connectivity index (χ3v) is 6.95. The van der Waals surface area contributed by atoms with E-state index in [0.717, 1.165) is 73.1 Å². The number of carbonyl (C=O) groups is 3. The number of benzene rings is 2. The number of pyridine rings is 1. The SMILES string of the molecule is CNCC(=O)N1CCCC1C=O.CNCc1cc2cnccc2[nH]1.COC(F)F.O=Cc1ccc2oc3ccc(Cl)cc3c2c1. The van der Waals surface area contributed by atoms with Gasteiger partial charge in [-0.2, -0.15) is 8.78 Å². The summed E-state index contributed by atoms with van der Waals surface area (Å²) >= 11 is 5.94. The summed E-state index contributed by atoms with van der Waals surface area (Å²) in [6.45, 7) is -0.696. The number of carbonyl (C=O) groups excluding carboxylic acids is 3.